The third-order valence-corrected chi connectivity index (χ3v) is 4.04. The van der Waals surface area contributed by atoms with Gasteiger partial charge in [0.1, 0.15) is 5.82 Å². The lowest BCUT2D eigenvalue weighted by molar-refractivity contribution is -0.137. The van der Waals surface area contributed by atoms with Gasteiger partial charge in [-0.3, -0.25) is 4.90 Å². The van der Waals surface area contributed by atoms with Crippen molar-refractivity contribution in [3.8, 4) is 0 Å². The first kappa shape index (κ1) is 12.7. The highest BCUT2D eigenvalue weighted by Crippen LogP contribution is 2.36. The van der Waals surface area contributed by atoms with Gasteiger partial charge < -0.3 is 5.32 Å². The lowest BCUT2D eigenvalue weighted by Gasteiger charge is -2.23. The van der Waals surface area contributed by atoms with Crippen LogP contribution in [0.4, 0.5) is 19.0 Å². The second kappa shape index (κ2) is 4.67. The lowest BCUT2D eigenvalue weighted by atomic mass is 10.1. The van der Waals surface area contributed by atoms with Gasteiger partial charge in [-0.1, -0.05) is 0 Å². The molecule has 0 amide bonds. The summed E-state index contributed by atoms with van der Waals surface area (Å²) in [4.78, 5) is 6.23. The van der Waals surface area contributed by atoms with Crippen LogP contribution in [0.3, 0.4) is 0 Å². The largest absolute Gasteiger partial charge is 0.419 e. The number of fused-ring (bicyclic) bond motifs is 1. The summed E-state index contributed by atoms with van der Waals surface area (Å²) in [6.07, 6.45) is 0.130. The molecule has 19 heavy (non-hydrogen) atoms. The quantitative estimate of drug-likeness (QED) is 0.896. The summed E-state index contributed by atoms with van der Waals surface area (Å²) in [6, 6.07) is 2.85. The molecule has 3 heterocycles. The first-order chi connectivity index (χ1) is 9.05. The van der Waals surface area contributed by atoms with Gasteiger partial charge in [0.15, 0.2) is 0 Å². The number of nitrogens with one attached hydrogen (secondary N) is 1. The van der Waals surface area contributed by atoms with Crippen LogP contribution in [0.1, 0.15) is 24.8 Å². The molecule has 2 fully saturated rings. The smallest absolute Gasteiger partial charge is 0.365 e. The van der Waals surface area contributed by atoms with Crippen LogP contribution in [0.25, 0.3) is 0 Å². The molecule has 2 unspecified atom stereocenters. The summed E-state index contributed by atoms with van der Waals surface area (Å²) in [7, 11) is 0. The van der Waals surface area contributed by atoms with Crippen molar-refractivity contribution in [1.82, 2.24) is 9.88 Å². The molecule has 0 aliphatic carbocycles. The van der Waals surface area contributed by atoms with Gasteiger partial charge in [0.2, 0.25) is 0 Å². The summed E-state index contributed by atoms with van der Waals surface area (Å²) < 4.78 is 38.7. The SMILES string of the molecule is FC(F)(F)c1cccnc1NC1CCN2CCCC12. The first-order valence-electron chi connectivity index (χ1n) is 6.58. The molecule has 6 heteroatoms. The monoisotopic (exact) mass is 271 g/mol. The van der Waals surface area contributed by atoms with E-state index in [9.17, 15) is 13.2 Å². The molecule has 0 radical (unpaired) electrons. The summed E-state index contributed by atoms with van der Waals surface area (Å²) in [6.45, 7) is 2.04. The minimum absolute atomic E-state index is 0.0336. The average molecular weight is 271 g/mol. The fourth-order valence-corrected chi connectivity index (χ4v) is 3.18. The van der Waals surface area contributed by atoms with E-state index in [2.05, 4.69) is 15.2 Å². The zero-order valence-corrected chi connectivity index (χ0v) is 10.5. The van der Waals surface area contributed by atoms with Gasteiger partial charge in [0.25, 0.3) is 0 Å². The molecule has 1 aromatic rings. The first-order valence-corrected chi connectivity index (χ1v) is 6.58. The predicted octanol–water partition coefficient (Wildman–Crippen LogP) is 2.75. The van der Waals surface area contributed by atoms with Crippen LogP contribution in [-0.2, 0) is 6.18 Å². The van der Waals surface area contributed by atoms with E-state index in [1.807, 2.05) is 0 Å². The Labute approximate surface area is 109 Å². The molecule has 3 nitrogen and oxygen atoms in total. The van der Waals surface area contributed by atoms with Crippen LogP contribution in [-0.4, -0.2) is 35.1 Å². The number of halogens is 3. The van der Waals surface area contributed by atoms with Crippen molar-refractivity contribution in [2.45, 2.75) is 37.5 Å². The van der Waals surface area contributed by atoms with Crippen molar-refractivity contribution >= 4 is 5.82 Å². The van der Waals surface area contributed by atoms with E-state index in [4.69, 9.17) is 0 Å². The standard InChI is InChI=1S/C13H16F3N3/c14-13(15,16)9-3-1-6-17-12(9)18-10-5-8-19-7-2-4-11(10)19/h1,3,6,10-11H,2,4-5,7-8H2,(H,17,18). The Morgan fingerprint density at radius 2 is 2.11 bits per heavy atom. The lowest BCUT2D eigenvalue weighted by Crippen LogP contribution is -2.34. The van der Waals surface area contributed by atoms with Gasteiger partial charge in [-0.15, -0.1) is 0 Å². The number of anilines is 1. The molecule has 2 atom stereocenters. The van der Waals surface area contributed by atoms with E-state index in [-0.39, 0.29) is 11.9 Å². The Morgan fingerprint density at radius 1 is 1.26 bits per heavy atom. The highest BCUT2D eigenvalue weighted by molar-refractivity contribution is 5.47. The highest BCUT2D eigenvalue weighted by Gasteiger charge is 2.39. The summed E-state index contributed by atoms with van der Waals surface area (Å²) in [5, 5.41) is 3.01. The molecule has 1 aromatic heterocycles. The van der Waals surface area contributed by atoms with E-state index in [0.717, 1.165) is 38.4 Å². The van der Waals surface area contributed by atoms with Crippen molar-refractivity contribution < 1.29 is 13.2 Å². The van der Waals surface area contributed by atoms with Gasteiger partial charge in [0.05, 0.1) is 5.56 Å². The molecule has 0 saturated carbocycles. The van der Waals surface area contributed by atoms with E-state index in [1.54, 1.807) is 0 Å². The van der Waals surface area contributed by atoms with Crippen molar-refractivity contribution in [2.24, 2.45) is 0 Å². The number of hydrogen-bond donors (Lipinski definition) is 1. The van der Waals surface area contributed by atoms with Crippen LogP contribution in [0.2, 0.25) is 0 Å². The molecule has 0 aromatic carbocycles. The van der Waals surface area contributed by atoms with Crippen molar-refractivity contribution in [3.05, 3.63) is 23.9 Å². The van der Waals surface area contributed by atoms with Crippen molar-refractivity contribution in [1.29, 1.82) is 0 Å². The molecule has 2 aliphatic rings. The van der Waals surface area contributed by atoms with E-state index < -0.39 is 11.7 Å². The van der Waals surface area contributed by atoms with Gasteiger partial charge in [0, 0.05) is 24.8 Å². The van der Waals surface area contributed by atoms with Crippen LogP contribution >= 0.6 is 0 Å². The summed E-state index contributed by atoms with van der Waals surface area (Å²) in [5.74, 6) is -0.0336. The topological polar surface area (TPSA) is 28.2 Å². The van der Waals surface area contributed by atoms with Gasteiger partial charge in [-0.05, 0) is 37.9 Å². The minimum atomic E-state index is -4.36. The Morgan fingerprint density at radius 3 is 2.89 bits per heavy atom. The van der Waals surface area contributed by atoms with Gasteiger partial charge >= 0.3 is 6.18 Å². The van der Waals surface area contributed by atoms with E-state index >= 15 is 0 Å². The number of aromatic nitrogens is 1. The molecular weight excluding hydrogens is 255 g/mol. The van der Waals surface area contributed by atoms with Gasteiger partial charge in [-0.2, -0.15) is 13.2 Å². The Balaban J connectivity index is 1.80. The molecule has 104 valence electrons. The maximum atomic E-state index is 12.9. The predicted molar refractivity (Wildman–Crippen MR) is 65.9 cm³/mol. The fraction of sp³-hybridized carbons (Fsp3) is 0.615. The number of pyridine rings is 1. The Bertz CT molecular complexity index is 461. The molecule has 3 rings (SSSR count). The van der Waals surface area contributed by atoms with Crippen LogP contribution in [0.15, 0.2) is 18.3 Å². The Kier molecular flexibility index (Phi) is 3.12. The van der Waals surface area contributed by atoms with Crippen LogP contribution < -0.4 is 5.32 Å². The third kappa shape index (κ3) is 2.41. The van der Waals surface area contributed by atoms with E-state index in [1.165, 1.54) is 12.3 Å². The third-order valence-electron chi connectivity index (χ3n) is 4.04. The molecule has 2 aliphatic heterocycles. The molecule has 2 saturated heterocycles. The molecule has 0 spiro atoms. The van der Waals surface area contributed by atoms with Crippen LogP contribution in [0.5, 0.6) is 0 Å². The Hall–Kier alpha value is -1.30. The number of alkyl halides is 3. The fourth-order valence-electron chi connectivity index (χ4n) is 3.18. The average Bonchev–Trinajstić information content (AvgIpc) is 2.93. The molecule has 0 bridgehead atoms. The number of hydrogen-bond acceptors (Lipinski definition) is 3. The second-order valence-corrected chi connectivity index (χ2v) is 5.18. The van der Waals surface area contributed by atoms with Gasteiger partial charge in [-0.25, -0.2) is 4.98 Å². The van der Waals surface area contributed by atoms with Crippen LogP contribution in [0, 0.1) is 0 Å². The number of nitrogens with zero attached hydrogens (tertiary/aromatic N) is 2. The van der Waals surface area contributed by atoms with Crippen molar-refractivity contribution in [3.63, 3.8) is 0 Å². The minimum Gasteiger partial charge on any atom is -0.365 e. The zero-order chi connectivity index (χ0) is 13.5. The maximum Gasteiger partial charge on any atom is 0.419 e. The van der Waals surface area contributed by atoms with Crippen molar-refractivity contribution in [2.75, 3.05) is 18.4 Å². The van der Waals surface area contributed by atoms with E-state index in [0.29, 0.717) is 6.04 Å². The normalized spacial score (nSPS) is 27.5. The summed E-state index contributed by atoms with van der Waals surface area (Å²) >= 11 is 0. The highest BCUT2D eigenvalue weighted by atomic mass is 19.4. The molecule has 1 N–H and O–H groups in total. The second-order valence-electron chi connectivity index (χ2n) is 5.18. The summed E-state index contributed by atoms with van der Waals surface area (Å²) in [5.41, 5.74) is -0.675. The molecular formula is C13H16F3N3. The zero-order valence-electron chi connectivity index (χ0n) is 10.5. The number of rotatable bonds is 2. The maximum absolute atomic E-state index is 12.9.